The van der Waals surface area contributed by atoms with E-state index in [0.29, 0.717) is 23.9 Å². The standard InChI is InChI=1S/C29H44N4S2/c34-28(30-26-18-22-4-6-24(26)16-22)32-12-8-20(9-13-32)2-1-3-21-10-14-33(15-11-21)29(35)31-27-19-23-5-7-25(27)17-23/h4-7,20-27H,1-3,8-19H2,(H,30,34)(H,31,35)/t22-,23+,24-,25-,26-,27-/m1/s1. The van der Waals surface area contributed by atoms with Crippen molar-refractivity contribution in [1.82, 2.24) is 20.4 Å². The van der Waals surface area contributed by atoms with E-state index in [9.17, 15) is 0 Å². The average Bonchev–Trinajstić information content (AvgIpc) is 3.68. The molecule has 2 N–H and O–H groups in total. The monoisotopic (exact) mass is 512 g/mol. The van der Waals surface area contributed by atoms with E-state index in [0.717, 1.165) is 60.1 Å². The average molecular weight is 513 g/mol. The molecule has 0 aromatic rings. The van der Waals surface area contributed by atoms with Gasteiger partial charge in [-0.2, -0.15) is 0 Å². The molecular weight excluding hydrogens is 468 g/mol. The minimum Gasteiger partial charge on any atom is -0.359 e. The van der Waals surface area contributed by atoms with Gasteiger partial charge in [0.25, 0.3) is 0 Å². The van der Waals surface area contributed by atoms with Crippen molar-refractivity contribution in [3.8, 4) is 0 Å². The lowest BCUT2D eigenvalue weighted by atomic mass is 9.87. The van der Waals surface area contributed by atoms with Gasteiger partial charge in [-0.3, -0.25) is 0 Å². The molecule has 0 unspecified atom stereocenters. The van der Waals surface area contributed by atoms with Crippen LogP contribution in [0.4, 0.5) is 0 Å². The summed E-state index contributed by atoms with van der Waals surface area (Å²) >= 11 is 11.6. The number of rotatable bonds is 6. The SMILES string of the molecule is S=C(N[C@@H]1C[C@@H]2C=C[C@@H]1C2)N1CCC(CCCC2CCN(C(=S)N[C@@H]3C[C@H]4C=C[C@@H]3C4)CC2)CC1. The number of hydrogen-bond donors (Lipinski definition) is 2. The first-order chi connectivity index (χ1) is 17.1. The molecule has 0 aromatic heterocycles. The lowest BCUT2D eigenvalue weighted by Gasteiger charge is -2.37. The fourth-order valence-corrected chi connectivity index (χ4v) is 8.61. The van der Waals surface area contributed by atoms with Crippen molar-refractivity contribution in [2.45, 2.75) is 82.7 Å². The zero-order valence-corrected chi connectivity index (χ0v) is 22.9. The van der Waals surface area contributed by atoms with Gasteiger partial charge in [0.1, 0.15) is 0 Å². The van der Waals surface area contributed by atoms with Gasteiger partial charge in [-0.05, 0) is 111 Å². The highest BCUT2D eigenvalue weighted by atomic mass is 32.1. The number of fused-ring (bicyclic) bond motifs is 4. The molecular formula is C29H44N4S2. The van der Waals surface area contributed by atoms with Crippen LogP contribution in [0.5, 0.6) is 0 Å². The zero-order valence-electron chi connectivity index (χ0n) is 21.2. The molecule has 0 spiro atoms. The maximum absolute atomic E-state index is 5.79. The van der Waals surface area contributed by atoms with Crippen LogP contribution >= 0.6 is 24.4 Å². The maximum atomic E-state index is 5.79. The highest BCUT2D eigenvalue weighted by Crippen LogP contribution is 2.40. The molecule has 0 amide bonds. The quantitative estimate of drug-likeness (QED) is 0.373. The fourth-order valence-electron chi connectivity index (χ4n) is 7.94. The van der Waals surface area contributed by atoms with E-state index >= 15 is 0 Å². The molecule has 2 saturated heterocycles. The van der Waals surface area contributed by atoms with Gasteiger partial charge in [-0.1, -0.05) is 43.6 Å². The summed E-state index contributed by atoms with van der Waals surface area (Å²) in [6.07, 6.45) is 24.3. The van der Waals surface area contributed by atoms with Crippen LogP contribution in [0, 0.1) is 35.5 Å². The van der Waals surface area contributed by atoms with E-state index < -0.39 is 0 Å². The molecule has 6 rings (SSSR count). The number of likely N-dealkylation sites (tertiary alicyclic amines) is 2. The molecule has 192 valence electrons. The van der Waals surface area contributed by atoms with Crippen LogP contribution in [-0.4, -0.2) is 58.3 Å². The van der Waals surface area contributed by atoms with Gasteiger partial charge in [-0.15, -0.1) is 0 Å². The van der Waals surface area contributed by atoms with E-state index in [-0.39, 0.29) is 0 Å². The minimum absolute atomic E-state index is 0.585. The summed E-state index contributed by atoms with van der Waals surface area (Å²) in [7, 11) is 0. The van der Waals surface area contributed by atoms with Crippen molar-refractivity contribution < 1.29 is 0 Å². The van der Waals surface area contributed by atoms with Crippen molar-refractivity contribution in [3.05, 3.63) is 24.3 Å². The third-order valence-corrected chi connectivity index (χ3v) is 11.0. The lowest BCUT2D eigenvalue weighted by Crippen LogP contribution is -2.48. The predicted octanol–water partition coefficient (Wildman–Crippen LogP) is 5.26. The van der Waals surface area contributed by atoms with Gasteiger partial charge in [-0.25, -0.2) is 0 Å². The van der Waals surface area contributed by atoms with E-state index in [2.05, 4.69) is 44.7 Å². The largest absolute Gasteiger partial charge is 0.359 e. The maximum Gasteiger partial charge on any atom is 0.169 e. The summed E-state index contributed by atoms with van der Waals surface area (Å²) in [6.45, 7) is 4.59. The molecule has 6 atom stereocenters. The summed E-state index contributed by atoms with van der Waals surface area (Å²) in [5.74, 6) is 4.83. The molecule has 2 heterocycles. The van der Waals surface area contributed by atoms with E-state index in [1.807, 2.05) is 0 Å². The first-order valence-corrected chi connectivity index (χ1v) is 15.4. The minimum atomic E-state index is 0.585. The Kier molecular flexibility index (Phi) is 7.39. The molecule has 6 aliphatic rings. The van der Waals surface area contributed by atoms with Gasteiger partial charge in [0.05, 0.1) is 0 Å². The van der Waals surface area contributed by atoms with Crippen LogP contribution in [0.25, 0.3) is 0 Å². The number of allylic oxidation sites excluding steroid dienone is 2. The van der Waals surface area contributed by atoms with Crippen LogP contribution in [0.2, 0.25) is 0 Å². The van der Waals surface area contributed by atoms with Crippen LogP contribution in [0.1, 0.15) is 70.6 Å². The second kappa shape index (κ2) is 10.7. The Morgan fingerprint density at radius 1 is 0.629 bits per heavy atom. The molecule has 0 radical (unpaired) electrons. The highest BCUT2D eigenvalue weighted by Gasteiger charge is 2.37. The van der Waals surface area contributed by atoms with Crippen molar-refractivity contribution in [2.24, 2.45) is 35.5 Å². The lowest BCUT2D eigenvalue weighted by molar-refractivity contribution is 0.224. The molecule has 4 fully saturated rings. The van der Waals surface area contributed by atoms with Gasteiger partial charge in [0, 0.05) is 38.3 Å². The van der Waals surface area contributed by atoms with Crippen molar-refractivity contribution in [2.75, 3.05) is 26.2 Å². The van der Waals surface area contributed by atoms with Crippen molar-refractivity contribution in [1.29, 1.82) is 0 Å². The Morgan fingerprint density at radius 2 is 1.06 bits per heavy atom. The van der Waals surface area contributed by atoms with Gasteiger partial charge >= 0.3 is 0 Å². The second-order valence-corrected chi connectivity index (χ2v) is 13.2. The molecule has 4 nitrogen and oxygen atoms in total. The molecule has 4 bridgehead atoms. The summed E-state index contributed by atoms with van der Waals surface area (Å²) in [4.78, 5) is 4.89. The Balaban J connectivity index is 0.835. The highest BCUT2D eigenvalue weighted by molar-refractivity contribution is 7.80. The van der Waals surface area contributed by atoms with Crippen LogP contribution in [0.3, 0.4) is 0 Å². The normalized spacial score (nSPS) is 36.3. The summed E-state index contributed by atoms with van der Waals surface area (Å²) in [5, 5.41) is 9.45. The van der Waals surface area contributed by atoms with E-state index in [1.54, 1.807) is 0 Å². The van der Waals surface area contributed by atoms with E-state index in [1.165, 1.54) is 70.6 Å². The molecule has 0 aromatic carbocycles. The topological polar surface area (TPSA) is 30.5 Å². The number of nitrogens with zero attached hydrogens (tertiary/aromatic N) is 2. The van der Waals surface area contributed by atoms with Gasteiger partial charge in [0.2, 0.25) is 0 Å². The fraction of sp³-hybridized carbons (Fsp3) is 0.793. The molecule has 2 aliphatic heterocycles. The summed E-state index contributed by atoms with van der Waals surface area (Å²) < 4.78 is 0. The van der Waals surface area contributed by atoms with E-state index in [4.69, 9.17) is 24.4 Å². The molecule has 35 heavy (non-hydrogen) atoms. The third-order valence-electron chi connectivity index (χ3n) is 10.2. The summed E-state index contributed by atoms with van der Waals surface area (Å²) in [6, 6.07) is 1.17. The zero-order chi connectivity index (χ0) is 23.8. The number of nitrogens with one attached hydrogen (secondary N) is 2. The Morgan fingerprint density at radius 3 is 1.40 bits per heavy atom. The Bertz CT molecular complexity index is 772. The predicted molar refractivity (Wildman–Crippen MR) is 152 cm³/mol. The Labute approximate surface area is 223 Å². The van der Waals surface area contributed by atoms with Crippen LogP contribution < -0.4 is 10.6 Å². The number of piperidine rings is 2. The molecule has 6 heteroatoms. The van der Waals surface area contributed by atoms with Crippen molar-refractivity contribution in [3.63, 3.8) is 0 Å². The Hall–Kier alpha value is -1.14. The third kappa shape index (κ3) is 5.58. The van der Waals surface area contributed by atoms with Crippen LogP contribution in [0.15, 0.2) is 24.3 Å². The van der Waals surface area contributed by atoms with Crippen molar-refractivity contribution >= 4 is 34.7 Å². The number of hydrogen-bond acceptors (Lipinski definition) is 2. The number of thiocarbonyl (C=S) groups is 2. The smallest absolute Gasteiger partial charge is 0.169 e. The second-order valence-electron chi connectivity index (χ2n) is 12.5. The first-order valence-electron chi connectivity index (χ1n) is 14.6. The first kappa shape index (κ1) is 24.2. The summed E-state index contributed by atoms with van der Waals surface area (Å²) in [5.41, 5.74) is 0. The molecule has 2 saturated carbocycles. The van der Waals surface area contributed by atoms with Gasteiger partial charge in [0.15, 0.2) is 10.2 Å². The van der Waals surface area contributed by atoms with Crippen LogP contribution in [-0.2, 0) is 0 Å². The van der Waals surface area contributed by atoms with Gasteiger partial charge < -0.3 is 20.4 Å². The molecule has 4 aliphatic carbocycles.